The average Bonchev–Trinajstić information content (AvgIpc) is 2.92. The largest absolute Gasteiger partial charge is 0.330 e. The van der Waals surface area contributed by atoms with Crippen LogP contribution in [0.3, 0.4) is 0 Å². The van der Waals surface area contributed by atoms with Gasteiger partial charge in [0.25, 0.3) is 0 Å². The van der Waals surface area contributed by atoms with Crippen molar-refractivity contribution >= 4 is 22.9 Å². The molecule has 19 heavy (non-hydrogen) atoms. The maximum Gasteiger partial charge on any atom is 0.231 e. The minimum atomic E-state index is 0.106. The number of anilines is 1. The highest BCUT2D eigenvalue weighted by Crippen LogP contribution is 2.17. The zero-order valence-electron chi connectivity index (χ0n) is 11.0. The van der Waals surface area contributed by atoms with Gasteiger partial charge in [-0.25, -0.2) is 0 Å². The fourth-order valence-electron chi connectivity index (χ4n) is 1.88. The Morgan fingerprint density at radius 1 is 1.26 bits per heavy atom. The van der Waals surface area contributed by atoms with E-state index in [0.29, 0.717) is 13.0 Å². The van der Waals surface area contributed by atoms with Gasteiger partial charge in [0.2, 0.25) is 5.91 Å². The third kappa shape index (κ3) is 3.66. The molecule has 100 valence electrons. The van der Waals surface area contributed by atoms with Gasteiger partial charge in [0.05, 0.1) is 6.42 Å². The molecule has 0 spiro atoms. The minimum absolute atomic E-state index is 0.106. The molecule has 2 aromatic rings. The van der Waals surface area contributed by atoms with E-state index in [-0.39, 0.29) is 5.91 Å². The van der Waals surface area contributed by atoms with Gasteiger partial charge in [0.15, 0.2) is 0 Å². The zero-order valence-corrected chi connectivity index (χ0v) is 11.8. The lowest BCUT2D eigenvalue weighted by Crippen LogP contribution is -2.27. The number of hydrogen-bond acceptors (Lipinski definition) is 3. The van der Waals surface area contributed by atoms with E-state index in [1.54, 1.807) is 16.2 Å². The molecule has 0 aliphatic heterocycles. The summed E-state index contributed by atoms with van der Waals surface area (Å²) < 4.78 is 0. The molecule has 4 heteroatoms. The first-order chi connectivity index (χ1) is 9.20. The molecule has 0 radical (unpaired) electrons. The molecule has 3 nitrogen and oxygen atoms in total. The number of amides is 1. The van der Waals surface area contributed by atoms with Gasteiger partial charge in [-0.15, -0.1) is 11.3 Å². The summed E-state index contributed by atoms with van der Waals surface area (Å²) in [4.78, 5) is 14.9. The molecular formula is C15H18N2OS. The second-order valence-electron chi connectivity index (χ2n) is 4.41. The summed E-state index contributed by atoms with van der Waals surface area (Å²) in [6, 6.07) is 11.9. The van der Waals surface area contributed by atoms with Gasteiger partial charge in [0, 0.05) is 17.6 Å². The van der Waals surface area contributed by atoms with E-state index in [1.807, 2.05) is 48.8 Å². The minimum Gasteiger partial charge on any atom is -0.330 e. The van der Waals surface area contributed by atoms with Gasteiger partial charge in [-0.1, -0.05) is 18.2 Å². The Balaban J connectivity index is 2.02. The molecule has 1 amide bonds. The van der Waals surface area contributed by atoms with E-state index in [9.17, 15) is 4.79 Å². The number of rotatable bonds is 5. The summed E-state index contributed by atoms with van der Waals surface area (Å²) in [7, 11) is 1.81. The fourth-order valence-corrected chi connectivity index (χ4v) is 2.57. The molecule has 0 atom stereocenters. The first-order valence-corrected chi connectivity index (χ1v) is 7.16. The molecule has 0 aliphatic carbocycles. The van der Waals surface area contributed by atoms with Crippen molar-refractivity contribution in [3.63, 3.8) is 0 Å². The highest BCUT2D eigenvalue weighted by Gasteiger charge is 2.12. The normalized spacial score (nSPS) is 10.4. The highest BCUT2D eigenvalue weighted by molar-refractivity contribution is 7.10. The number of likely N-dealkylation sites (N-methyl/N-ethyl adjacent to an activating group) is 1. The number of carbonyl (C=O) groups excluding carboxylic acids is 1. The van der Waals surface area contributed by atoms with Crippen LogP contribution in [0, 0.1) is 0 Å². The van der Waals surface area contributed by atoms with Crippen LogP contribution in [0.5, 0.6) is 0 Å². The Kier molecular flexibility index (Phi) is 4.71. The smallest absolute Gasteiger partial charge is 0.231 e. The van der Waals surface area contributed by atoms with Crippen LogP contribution in [-0.4, -0.2) is 19.5 Å². The number of nitrogens with zero attached hydrogens (tertiary/aromatic N) is 1. The van der Waals surface area contributed by atoms with Crippen LogP contribution in [-0.2, 0) is 17.6 Å². The second kappa shape index (κ2) is 6.50. The molecule has 0 fully saturated rings. The molecule has 2 rings (SSSR count). The Hall–Kier alpha value is -1.65. The summed E-state index contributed by atoms with van der Waals surface area (Å²) in [5.74, 6) is 0.106. The summed E-state index contributed by atoms with van der Waals surface area (Å²) in [6.07, 6.45) is 1.33. The number of nitrogens with two attached hydrogens (primary N) is 1. The Labute approximate surface area is 117 Å². The van der Waals surface area contributed by atoms with Crippen molar-refractivity contribution in [3.05, 3.63) is 52.2 Å². The van der Waals surface area contributed by atoms with Crippen molar-refractivity contribution in [2.24, 2.45) is 5.73 Å². The van der Waals surface area contributed by atoms with Crippen molar-refractivity contribution in [3.8, 4) is 0 Å². The van der Waals surface area contributed by atoms with E-state index in [0.717, 1.165) is 17.0 Å². The molecule has 1 heterocycles. The lowest BCUT2D eigenvalue weighted by Gasteiger charge is -2.17. The van der Waals surface area contributed by atoms with Crippen LogP contribution >= 0.6 is 11.3 Å². The van der Waals surface area contributed by atoms with Gasteiger partial charge in [0.1, 0.15) is 0 Å². The maximum atomic E-state index is 12.1. The summed E-state index contributed by atoms with van der Waals surface area (Å²) in [6.45, 7) is 0.645. The molecule has 0 unspecified atom stereocenters. The Bertz CT molecular complexity index is 520. The Morgan fingerprint density at radius 3 is 2.58 bits per heavy atom. The van der Waals surface area contributed by atoms with Crippen molar-refractivity contribution in [1.29, 1.82) is 0 Å². The second-order valence-corrected chi connectivity index (χ2v) is 5.45. The quantitative estimate of drug-likeness (QED) is 0.910. The van der Waals surface area contributed by atoms with E-state index >= 15 is 0 Å². The van der Waals surface area contributed by atoms with Gasteiger partial charge in [-0.3, -0.25) is 4.79 Å². The first-order valence-electron chi connectivity index (χ1n) is 6.28. The molecule has 1 aromatic heterocycles. The van der Waals surface area contributed by atoms with Gasteiger partial charge in [-0.05, 0) is 42.1 Å². The average molecular weight is 274 g/mol. The zero-order chi connectivity index (χ0) is 13.7. The number of carbonyl (C=O) groups is 1. The molecule has 2 N–H and O–H groups in total. The van der Waals surface area contributed by atoms with Crippen molar-refractivity contribution < 1.29 is 4.79 Å². The Morgan fingerprint density at radius 2 is 2.00 bits per heavy atom. The van der Waals surface area contributed by atoms with Crippen LogP contribution in [0.1, 0.15) is 10.4 Å². The predicted octanol–water partition coefficient (Wildman–Crippen LogP) is 2.45. The number of thiophene rings is 1. The summed E-state index contributed by atoms with van der Waals surface area (Å²) in [5.41, 5.74) is 7.64. The van der Waals surface area contributed by atoms with Gasteiger partial charge >= 0.3 is 0 Å². The monoisotopic (exact) mass is 274 g/mol. The first kappa shape index (κ1) is 13.8. The molecule has 0 saturated carbocycles. The van der Waals surface area contributed by atoms with E-state index in [4.69, 9.17) is 5.73 Å². The number of hydrogen-bond donors (Lipinski definition) is 1. The topological polar surface area (TPSA) is 46.3 Å². The lowest BCUT2D eigenvalue weighted by molar-refractivity contribution is -0.117. The van der Waals surface area contributed by atoms with Crippen LogP contribution in [0.4, 0.5) is 5.69 Å². The third-order valence-electron chi connectivity index (χ3n) is 3.04. The van der Waals surface area contributed by atoms with Crippen LogP contribution in [0.25, 0.3) is 0 Å². The molecule has 0 aliphatic rings. The van der Waals surface area contributed by atoms with Gasteiger partial charge < -0.3 is 10.6 Å². The number of benzene rings is 1. The third-order valence-corrected chi connectivity index (χ3v) is 3.91. The maximum absolute atomic E-state index is 12.1. The van der Waals surface area contributed by atoms with Crippen LogP contribution in [0.15, 0.2) is 41.8 Å². The molecule has 1 aromatic carbocycles. The van der Waals surface area contributed by atoms with Gasteiger partial charge in [-0.2, -0.15) is 0 Å². The summed E-state index contributed by atoms with van der Waals surface area (Å²) >= 11 is 1.61. The summed E-state index contributed by atoms with van der Waals surface area (Å²) in [5, 5.41) is 1.99. The van der Waals surface area contributed by atoms with Crippen LogP contribution < -0.4 is 10.6 Å². The van der Waals surface area contributed by atoms with Crippen molar-refractivity contribution in [2.75, 3.05) is 18.5 Å². The van der Waals surface area contributed by atoms with E-state index in [2.05, 4.69) is 0 Å². The SMILES string of the molecule is CN(C(=O)Cc1cccs1)c1ccc(CCN)cc1. The van der Waals surface area contributed by atoms with Crippen molar-refractivity contribution in [1.82, 2.24) is 0 Å². The molecular weight excluding hydrogens is 256 g/mol. The molecule has 0 saturated heterocycles. The highest BCUT2D eigenvalue weighted by atomic mass is 32.1. The fraction of sp³-hybridized carbons (Fsp3) is 0.267. The standard InChI is InChI=1S/C15H18N2OS/c1-17(15(18)11-14-3-2-10-19-14)13-6-4-12(5-7-13)8-9-16/h2-7,10H,8-9,11,16H2,1H3. The van der Waals surface area contributed by atoms with E-state index in [1.165, 1.54) is 5.56 Å². The van der Waals surface area contributed by atoms with Crippen molar-refractivity contribution in [2.45, 2.75) is 12.8 Å². The lowest BCUT2D eigenvalue weighted by atomic mass is 10.1. The van der Waals surface area contributed by atoms with E-state index < -0.39 is 0 Å². The predicted molar refractivity (Wildman–Crippen MR) is 80.6 cm³/mol. The molecule has 0 bridgehead atoms. The van der Waals surface area contributed by atoms with Crippen LogP contribution in [0.2, 0.25) is 0 Å².